The first-order valence-corrected chi connectivity index (χ1v) is 15.7. The summed E-state index contributed by atoms with van der Waals surface area (Å²) in [6.07, 6.45) is 2.65. The van der Waals surface area contributed by atoms with Crippen LogP contribution in [0.2, 0.25) is 5.02 Å². The maximum Gasteiger partial charge on any atom is 0.243 e. The first-order valence-electron chi connectivity index (χ1n) is 13.5. The van der Waals surface area contributed by atoms with Crippen LogP contribution in [0.5, 0.6) is 0 Å². The lowest BCUT2D eigenvalue weighted by Crippen LogP contribution is -2.50. The number of amides is 2. The van der Waals surface area contributed by atoms with Crippen LogP contribution in [0.25, 0.3) is 0 Å². The zero-order chi connectivity index (χ0) is 29.1. The molecule has 40 heavy (non-hydrogen) atoms. The number of para-hydroxylation sites is 1. The molecule has 0 unspecified atom stereocenters. The van der Waals surface area contributed by atoms with Crippen LogP contribution in [0.4, 0.5) is 5.69 Å². The van der Waals surface area contributed by atoms with Crippen LogP contribution in [-0.4, -0.2) is 50.5 Å². The summed E-state index contributed by atoms with van der Waals surface area (Å²) < 4.78 is 26.6. The van der Waals surface area contributed by atoms with Gasteiger partial charge in [-0.1, -0.05) is 79.2 Å². The lowest BCUT2D eigenvalue weighted by atomic mass is 10.0. The molecule has 214 valence electrons. The molecule has 7 nitrogen and oxygen atoms in total. The third kappa shape index (κ3) is 9.10. The first kappa shape index (κ1) is 31.2. The summed E-state index contributed by atoms with van der Waals surface area (Å²) in [4.78, 5) is 28.8. The first-order chi connectivity index (χ1) is 19.1. The summed E-state index contributed by atoms with van der Waals surface area (Å²) in [6.45, 7) is 4.68. The van der Waals surface area contributed by atoms with Crippen molar-refractivity contribution in [1.29, 1.82) is 0 Å². The monoisotopic (exact) mass is 583 g/mol. The molecule has 1 N–H and O–H groups in total. The Morgan fingerprint density at radius 2 is 1.62 bits per heavy atom. The number of rotatable bonds is 14. The van der Waals surface area contributed by atoms with Gasteiger partial charge in [-0.3, -0.25) is 13.9 Å². The van der Waals surface area contributed by atoms with Gasteiger partial charge in [-0.2, -0.15) is 0 Å². The van der Waals surface area contributed by atoms with Crippen LogP contribution in [0.3, 0.4) is 0 Å². The van der Waals surface area contributed by atoms with E-state index in [2.05, 4.69) is 5.32 Å². The zero-order valence-electron chi connectivity index (χ0n) is 23.3. The molecular formula is C31H38ClN3O4S. The number of halogens is 1. The van der Waals surface area contributed by atoms with Crippen LogP contribution in [0.15, 0.2) is 78.9 Å². The highest BCUT2D eigenvalue weighted by Crippen LogP contribution is 2.23. The Morgan fingerprint density at radius 3 is 2.27 bits per heavy atom. The van der Waals surface area contributed by atoms with Gasteiger partial charge in [0, 0.05) is 37.5 Å². The lowest BCUT2D eigenvalue weighted by molar-refractivity contribution is -0.141. The highest BCUT2D eigenvalue weighted by atomic mass is 35.5. The van der Waals surface area contributed by atoms with Crippen molar-refractivity contribution in [3.05, 3.63) is 101 Å². The number of nitrogens with zero attached hydrogens (tertiary/aromatic N) is 2. The third-order valence-electron chi connectivity index (χ3n) is 6.60. The Bertz CT molecular complexity index is 1380. The van der Waals surface area contributed by atoms with Crippen molar-refractivity contribution >= 4 is 39.1 Å². The smallest absolute Gasteiger partial charge is 0.243 e. The summed E-state index contributed by atoms with van der Waals surface area (Å²) in [5.74, 6) is -0.454. The second-order valence-corrected chi connectivity index (χ2v) is 12.2. The highest BCUT2D eigenvalue weighted by molar-refractivity contribution is 7.92. The fourth-order valence-corrected chi connectivity index (χ4v) is 5.81. The average molecular weight is 584 g/mol. The number of hydrogen-bond acceptors (Lipinski definition) is 4. The molecule has 0 spiro atoms. The van der Waals surface area contributed by atoms with Gasteiger partial charge in [0.05, 0.1) is 11.9 Å². The molecule has 0 aliphatic carbocycles. The number of hydrogen-bond donors (Lipinski definition) is 1. The molecule has 0 heterocycles. The van der Waals surface area contributed by atoms with Crippen LogP contribution < -0.4 is 9.62 Å². The largest absolute Gasteiger partial charge is 0.354 e. The number of sulfonamides is 1. The number of benzene rings is 3. The van der Waals surface area contributed by atoms with Gasteiger partial charge in [0.2, 0.25) is 21.8 Å². The van der Waals surface area contributed by atoms with Crippen molar-refractivity contribution < 1.29 is 18.0 Å². The van der Waals surface area contributed by atoms with Gasteiger partial charge in [0.25, 0.3) is 0 Å². The lowest BCUT2D eigenvalue weighted by Gasteiger charge is -2.32. The molecule has 0 radical (unpaired) electrons. The maximum absolute atomic E-state index is 13.8. The molecule has 0 fully saturated rings. The highest BCUT2D eigenvalue weighted by Gasteiger charge is 2.30. The minimum Gasteiger partial charge on any atom is -0.354 e. The van der Waals surface area contributed by atoms with Crippen LogP contribution in [0.1, 0.15) is 42.9 Å². The molecule has 3 aromatic rings. The number of carbonyl (C=O) groups excluding carboxylic acids is 2. The molecule has 0 saturated heterocycles. The maximum atomic E-state index is 13.8. The summed E-state index contributed by atoms with van der Waals surface area (Å²) in [7, 11) is -3.56. The Kier molecular flexibility index (Phi) is 11.6. The number of carbonyl (C=O) groups is 2. The van der Waals surface area contributed by atoms with Crippen LogP contribution in [-0.2, 0) is 32.6 Å². The van der Waals surface area contributed by atoms with Gasteiger partial charge in [-0.05, 0) is 54.7 Å². The standard InChI is InChI=1S/C31H38ClN3O4S/c1-4-19-33-31(37)29(22-25-13-6-5-7-14-25)34(23-26-15-10-16-27(32)21-26)30(36)18-11-20-35(40(3,38)39)28-17-9-8-12-24(28)2/h5-10,12-17,21,29H,4,11,18-20,22-23H2,1-3H3,(H,33,37)/t29-/m0/s1. The normalized spacial score (nSPS) is 12.0. The Balaban J connectivity index is 1.88. The second kappa shape index (κ2) is 14.9. The van der Waals surface area contributed by atoms with Gasteiger partial charge in [-0.25, -0.2) is 8.42 Å². The molecular weight excluding hydrogens is 546 g/mol. The minimum atomic E-state index is -3.56. The van der Waals surface area contributed by atoms with E-state index in [4.69, 9.17) is 11.6 Å². The third-order valence-corrected chi connectivity index (χ3v) is 8.01. The van der Waals surface area contributed by atoms with Gasteiger partial charge < -0.3 is 10.2 Å². The average Bonchev–Trinajstić information content (AvgIpc) is 2.92. The van der Waals surface area contributed by atoms with Crippen molar-refractivity contribution in [2.75, 3.05) is 23.7 Å². The van der Waals surface area contributed by atoms with Gasteiger partial charge in [-0.15, -0.1) is 0 Å². The minimum absolute atomic E-state index is 0.0742. The fraction of sp³-hybridized carbons (Fsp3) is 0.355. The van der Waals surface area contributed by atoms with E-state index in [1.807, 2.05) is 68.4 Å². The SMILES string of the molecule is CCCNC(=O)[C@H](Cc1ccccc1)N(Cc1cccc(Cl)c1)C(=O)CCCN(c1ccccc1C)S(C)(=O)=O. The fourth-order valence-electron chi connectivity index (χ4n) is 4.58. The second-order valence-electron chi connectivity index (χ2n) is 9.87. The number of aryl methyl sites for hydroxylation is 1. The zero-order valence-corrected chi connectivity index (χ0v) is 24.9. The van der Waals surface area contributed by atoms with Gasteiger partial charge >= 0.3 is 0 Å². The van der Waals surface area contributed by atoms with Crippen LogP contribution in [0, 0.1) is 6.92 Å². The topological polar surface area (TPSA) is 86.8 Å². The van der Waals surface area contributed by atoms with Crippen molar-refractivity contribution in [2.45, 2.75) is 52.1 Å². The van der Waals surface area contributed by atoms with E-state index in [0.717, 1.165) is 23.1 Å². The Hall–Kier alpha value is -3.36. The molecule has 0 aliphatic rings. The summed E-state index contributed by atoms with van der Waals surface area (Å²) in [6, 6.07) is 23.4. The molecule has 0 bridgehead atoms. The van der Waals surface area contributed by atoms with E-state index < -0.39 is 16.1 Å². The quantitative estimate of drug-likeness (QED) is 0.277. The molecule has 2 amide bonds. The number of anilines is 1. The molecule has 0 saturated carbocycles. The van der Waals surface area contributed by atoms with E-state index in [1.165, 1.54) is 10.6 Å². The predicted octanol–water partition coefficient (Wildman–Crippen LogP) is 5.36. The van der Waals surface area contributed by atoms with E-state index in [9.17, 15) is 18.0 Å². The van der Waals surface area contributed by atoms with Gasteiger partial charge in [0.1, 0.15) is 6.04 Å². The van der Waals surface area contributed by atoms with E-state index in [1.54, 1.807) is 29.2 Å². The van der Waals surface area contributed by atoms with Gasteiger partial charge in [0.15, 0.2) is 0 Å². The van der Waals surface area contributed by atoms with Crippen molar-refractivity contribution in [3.63, 3.8) is 0 Å². The summed E-state index contributed by atoms with van der Waals surface area (Å²) in [5.41, 5.74) is 3.16. The summed E-state index contributed by atoms with van der Waals surface area (Å²) >= 11 is 6.24. The predicted molar refractivity (Wildman–Crippen MR) is 162 cm³/mol. The van der Waals surface area contributed by atoms with E-state index in [-0.39, 0.29) is 31.3 Å². The summed E-state index contributed by atoms with van der Waals surface area (Å²) in [5, 5.41) is 3.50. The number of nitrogens with one attached hydrogen (secondary N) is 1. The Labute approximate surface area is 243 Å². The molecule has 0 aromatic heterocycles. The molecule has 9 heteroatoms. The molecule has 1 atom stereocenters. The Morgan fingerprint density at radius 1 is 0.950 bits per heavy atom. The van der Waals surface area contributed by atoms with Crippen LogP contribution >= 0.6 is 11.6 Å². The van der Waals surface area contributed by atoms with Crippen molar-refractivity contribution in [2.24, 2.45) is 0 Å². The van der Waals surface area contributed by atoms with Crippen molar-refractivity contribution in [1.82, 2.24) is 10.2 Å². The molecule has 3 rings (SSSR count). The van der Waals surface area contributed by atoms with E-state index in [0.29, 0.717) is 30.1 Å². The van der Waals surface area contributed by atoms with E-state index >= 15 is 0 Å². The van der Waals surface area contributed by atoms with Crippen molar-refractivity contribution in [3.8, 4) is 0 Å². The molecule has 0 aliphatic heterocycles. The molecule has 3 aromatic carbocycles.